The number of halogens is 4. The first-order valence-electron chi connectivity index (χ1n) is 15.4. The highest BCUT2D eigenvalue weighted by Gasteiger charge is 2.43. The van der Waals surface area contributed by atoms with Crippen molar-refractivity contribution < 1.29 is 22.4 Å². The van der Waals surface area contributed by atoms with Gasteiger partial charge in [-0.15, -0.1) is 0 Å². The van der Waals surface area contributed by atoms with Crippen LogP contribution < -0.4 is 20.9 Å². The average Bonchev–Trinajstić information content (AvgIpc) is 3.01. The van der Waals surface area contributed by atoms with E-state index < -0.39 is 36.3 Å². The summed E-state index contributed by atoms with van der Waals surface area (Å²) in [6, 6.07) is 14.5. The summed E-state index contributed by atoms with van der Waals surface area (Å²) in [7, 11) is 4.23. The van der Waals surface area contributed by atoms with Crippen molar-refractivity contribution in [3.05, 3.63) is 78.6 Å². The predicted octanol–water partition coefficient (Wildman–Crippen LogP) is 6.21. The molecule has 4 rings (SSSR count). The second-order valence-electron chi connectivity index (χ2n) is 12.4. The van der Waals surface area contributed by atoms with Crippen LogP contribution in [0.3, 0.4) is 0 Å². The van der Waals surface area contributed by atoms with E-state index >= 15 is 0 Å². The zero-order chi connectivity index (χ0) is 32.6. The topological polar surface area (TPSA) is 72.5 Å². The van der Waals surface area contributed by atoms with Gasteiger partial charge in [0.1, 0.15) is 11.7 Å². The lowest BCUT2D eigenvalue weighted by molar-refractivity contribution is -0.161. The molecule has 3 N–H and O–H groups in total. The van der Waals surface area contributed by atoms with Gasteiger partial charge >= 0.3 is 6.18 Å². The Hall–Kier alpha value is -3.70. The molecule has 45 heavy (non-hydrogen) atoms. The van der Waals surface area contributed by atoms with E-state index in [2.05, 4.69) is 57.0 Å². The number of nitrogens with zero attached hydrogens (tertiary/aromatic N) is 3. The number of rotatable bonds is 13. The van der Waals surface area contributed by atoms with Gasteiger partial charge < -0.3 is 20.4 Å². The van der Waals surface area contributed by atoms with Gasteiger partial charge in [0.2, 0.25) is 5.91 Å². The van der Waals surface area contributed by atoms with Gasteiger partial charge in [0, 0.05) is 62.4 Å². The van der Waals surface area contributed by atoms with E-state index in [9.17, 15) is 22.4 Å². The van der Waals surface area contributed by atoms with Crippen LogP contribution in [0.4, 0.5) is 28.9 Å². The van der Waals surface area contributed by atoms with Gasteiger partial charge in [-0.2, -0.15) is 13.2 Å². The highest BCUT2D eigenvalue weighted by molar-refractivity contribution is 5.82. The maximum atomic E-state index is 14.7. The van der Waals surface area contributed by atoms with Gasteiger partial charge in [0.25, 0.3) is 0 Å². The van der Waals surface area contributed by atoms with Gasteiger partial charge in [-0.25, -0.2) is 4.39 Å². The number of pyridine rings is 1. The molecule has 3 aromatic rings. The molecular weight excluding hydrogens is 584 g/mol. The van der Waals surface area contributed by atoms with Crippen molar-refractivity contribution in [2.75, 3.05) is 50.5 Å². The lowest BCUT2D eigenvalue weighted by Gasteiger charge is -2.36. The van der Waals surface area contributed by atoms with E-state index in [0.29, 0.717) is 18.2 Å². The SMILES string of the molecule is CN(C)C1CCN(c2ccc(NCCNC(=O)C(CC(C)(C)F)NC(c3ccc(-c4cccnc4)cc3)C(F)(F)F)cc2)CC1. The van der Waals surface area contributed by atoms with E-state index in [1.807, 2.05) is 18.2 Å². The zero-order valence-corrected chi connectivity index (χ0v) is 26.4. The zero-order valence-electron chi connectivity index (χ0n) is 26.4. The van der Waals surface area contributed by atoms with Crippen LogP contribution >= 0.6 is 0 Å². The first-order valence-corrected chi connectivity index (χ1v) is 15.4. The summed E-state index contributed by atoms with van der Waals surface area (Å²) in [4.78, 5) is 21.8. The van der Waals surface area contributed by atoms with Gasteiger partial charge in [-0.3, -0.25) is 15.1 Å². The quantitative estimate of drug-likeness (QED) is 0.155. The molecular formula is C34H44F4N6O. The smallest absolute Gasteiger partial charge is 0.383 e. The maximum Gasteiger partial charge on any atom is 0.407 e. The molecule has 11 heteroatoms. The Bertz CT molecular complexity index is 1340. The van der Waals surface area contributed by atoms with Gasteiger partial charge in [0.05, 0.1) is 6.04 Å². The summed E-state index contributed by atoms with van der Waals surface area (Å²) in [5, 5.41) is 8.32. The molecule has 1 saturated heterocycles. The summed E-state index contributed by atoms with van der Waals surface area (Å²) in [6.07, 6.45) is 0.320. The van der Waals surface area contributed by atoms with Crippen molar-refractivity contribution >= 4 is 17.3 Å². The monoisotopic (exact) mass is 628 g/mol. The van der Waals surface area contributed by atoms with E-state index in [-0.39, 0.29) is 12.1 Å². The van der Waals surface area contributed by atoms with E-state index in [1.165, 1.54) is 26.0 Å². The molecule has 2 aromatic carbocycles. The summed E-state index contributed by atoms with van der Waals surface area (Å²) in [6.45, 7) is 4.99. The molecule has 1 aromatic heterocycles. The number of hydrogen-bond acceptors (Lipinski definition) is 6. The summed E-state index contributed by atoms with van der Waals surface area (Å²) in [5.74, 6) is -0.694. The van der Waals surface area contributed by atoms with Gasteiger partial charge in [0.15, 0.2) is 0 Å². The number of anilines is 2. The lowest BCUT2D eigenvalue weighted by Crippen LogP contribution is -2.51. The third kappa shape index (κ3) is 10.2. The highest BCUT2D eigenvalue weighted by Crippen LogP contribution is 2.35. The average molecular weight is 629 g/mol. The lowest BCUT2D eigenvalue weighted by atomic mass is 9.96. The molecule has 2 heterocycles. The standard InChI is InChI=1S/C34H44F4N6O/c1-33(2,35)22-30(42-31(34(36,37)38)25-9-7-24(8-10-25)26-6-5-17-39-23-26)32(45)41-19-18-40-27-11-13-29(14-12-27)44-20-15-28(16-21-44)43(3)4/h5-14,17,23,28,30-31,40,42H,15-16,18-22H2,1-4H3,(H,41,45). The number of piperidine rings is 1. The summed E-state index contributed by atoms with van der Waals surface area (Å²) < 4.78 is 57.5. The fourth-order valence-corrected chi connectivity index (χ4v) is 5.64. The van der Waals surface area contributed by atoms with Gasteiger partial charge in [-0.1, -0.05) is 30.3 Å². The normalized spacial score (nSPS) is 16.0. The second-order valence-corrected chi connectivity index (χ2v) is 12.4. The van der Waals surface area contributed by atoms with Crippen LogP contribution in [0.1, 0.15) is 44.7 Å². The van der Waals surface area contributed by atoms with Crippen molar-refractivity contribution in [1.82, 2.24) is 20.5 Å². The first kappa shape index (κ1) is 34.2. The minimum absolute atomic E-state index is 0.0724. The maximum absolute atomic E-state index is 14.7. The number of carbonyl (C=O) groups is 1. The third-order valence-electron chi connectivity index (χ3n) is 8.12. The van der Waals surface area contributed by atoms with Crippen molar-refractivity contribution in [3.63, 3.8) is 0 Å². The van der Waals surface area contributed by atoms with Crippen molar-refractivity contribution in [1.29, 1.82) is 0 Å². The Morgan fingerprint density at radius 3 is 2.18 bits per heavy atom. The largest absolute Gasteiger partial charge is 0.407 e. The molecule has 0 aliphatic carbocycles. The molecule has 0 radical (unpaired) electrons. The van der Waals surface area contributed by atoms with Crippen molar-refractivity contribution in [3.8, 4) is 11.1 Å². The van der Waals surface area contributed by atoms with E-state index in [1.54, 1.807) is 30.6 Å². The molecule has 7 nitrogen and oxygen atoms in total. The van der Waals surface area contributed by atoms with Crippen LogP contribution in [0.25, 0.3) is 11.1 Å². The number of benzene rings is 2. The minimum atomic E-state index is -4.72. The fourth-order valence-electron chi connectivity index (χ4n) is 5.64. The van der Waals surface area contributed by atoms with Crippen LogP contribution in [-0.2, 0) is 4.79 Å². The molecule has 0 bridgehead atoms. The Labute approximate surface area is 263 Å². The molecule has 2 unspecified atom stereocenters. The van der Waals surface area contributed by atoms with Crippen LogP contribution in [0.2, 0.25) is 0 Å². The minimum Gasteiger partial charge on any atom is -0.383 e. The Kier molecular flexibility index (Phi) is 11.4. The van der Waals surface area contributed by atoms with E-state index in [4.69, 9.17) is 0 Å². The number of amides is 1. The van der Waals surface area contributed by atoms with Crippen LogP contribution in [-0.4, -0.2) is 80.0 Å². The predicted molar refractivity (Wildman–Crippen MR) is 172 cm³/mol. The molecule has 0 spiro atoms. The Balaban J connectivity index is 1.33. The third-order valence-corrected chi connectivity index (χ3v) is 8.12. The van der Waals surface area contributed by atoms with Crippen LogP contribution in [0, 0.1) is 0 Å². The highest BCUT2D eigenvalue weighted by atomic mass is 19.4. The Morgan fingerprint density at radius 2 is 1.62 bits per heavy atom. The van der Waals surface area contributed by atoms with Crippen LogP contribution in [0.5, 0.6) is 0 Å². The molecule has 2 atom stereocenters. The number of alkyl halides is 4. The van der Waals surface area contributed by atoms with Gasteiger partial charge in [-0.05, 0) is 87.8 Å². The molecule has 1 fully saturated rings. The number of aromatic nitrogens is 1. The van der Waals surface area contributed by atoms with E-state index in [0.717, 1.165) is 42.9 Å². The first-order chi connectivity index (χ1) is 21.3. The van der Waals surface area contributed by atoms with Crippen LogP contribution in [0.15, 0.2) is 73.1 Å². The molecule has 1 aliphatic rings. The molecule has 1 aliphatic heterocycles. The summed E-state index contributed by atoms with van der Waals surface area (Å²) >= 11 is 0. The fraction of sp³-hybridized carbons (Fsp3) is 0.471. The number of carbonyl (C=O) groups excluding carboxylic acids is 1. The van der Waals surface area contributed by atoms with Crippen molar-refractivity contribution in [2.45, 2.75) is 63.1 Å². The molecule has 244 valence electrons. The molecule has 1 amide bonds. The molecule has 0 saturated carbocycles. The Morgan fingerprint density at radius 1 is 0.956 bits per heavy atom. The second kappa shape index (κ2) is 15.1. The number of hydrogen-bond donors (Lipinski definition) is 3. The number of nitrogens with one attached hydrogen (secondary N) is 3. The summed E-state index contributed by atoms with van der Waals surface area (Å²) in [5.41, 5.74) is 1.54. The van der Waals surface area contributed by atoms with Crippen molar-refractivity contribution in [2.24, 2.45) is 0 Å².